The Morgan fingerprint density at radius 3 is 2.14 bits per heavy atom. The molecule has 0 aromatic heterocycles. The van der Waals surface area contributed by atoms with E-state index in [0.29, 0.717) is 5.76 Å². The molecule has 2 aliphatic rings. The van der Waals surface area contributed by atoms with Gasteiger partial charge in [0.05, 0.1) is 5.56 Å². The zero-order valence-electron chi connectivity index (χ0n) is 22.9. The zero-order chi connectivity index (χ0) is 26.5. The molecule has 0 bridgehead atoms. The van der Waals surface area contributed by atoms with Gasteiger partial charge in [0, 0.05) is 24.4 Å². The fraction of sp³-hybridized carbons (Fsp3) is 0.257. The topological polar surface area (TPSA) is 34.9 Å². The third-order valence-corrected chi connectivity index (χ3v) is 6.50. The van der Waals surface area contributed by atoms with Crippen LogP contribution in [0.2, 0.25) is 0 Å². The lowest BCUT2D eigenvalue weighted by molar-refractivity contribution is 0.512. The summed E-state index contributed by atoms with van der Waals surface area (Å²) >= 11 is 0. The van der Waals surface area contributed by atoms with Gasteiger partial charge in [0.1, 0.15) is 0 Å². The van der Waals surface area contributed by atoms with Gasteiger partial charge in [-0.15, -0.1) is 0 Å². The summed E-state index contributed by atoms with van der Waals surface area (Å²) in [7, 11) is 0. The summed E-state index contributed by atoms with van der Waals surface area (Å²) in [6.45, 7) is 8.33. The number of allylic oxidation sites excluding steroid dienone is 11. The average molecular weight is 493 g/mol. The summed E-state index contributed by atoms with van der Waals surface area (Å²) in [5, 5.41) is 12.1. The lowest BCUT2D eigenvalue weighted by Gasteiger charge is -2.16. The third-order valence-electron chi connectivity index (χ3n) is 6.50. The number of dihydropyridines is 1. The molecule has 1 heterocycles. The lowest BCUT2D eigenvalue weighted by Crippen LogP contribution is -2.11. The molecule has 2 aromatic rings. The molecule has 1 aliphatic heterocycles. The van der Waals surface area contributed by atoms with E-state index in [0.717, 1.165) is 48.8 Å². The van der Waals surface area contributed by atoms with Crippen molar-refractivity contribution in [1.82, 2.24) is 5.32 Å². The highest BCUT2D eigenvalue weighted by Gasteiger charge is 2.10. The highest BCUT2D eigenvalue weighted by molar-refractivity contribution is 5.81. The standard InChI is InChI=1S/C33H35NO.C2H6/c1-3-25-14-18-28(19-15-25)30(23-33(35)29-20-16-26(4-2)17-21-29)11-9-8-10-27-22-31-12-6-5-7-13-32(31)34-24-27;1-2/h6-8,10-21,23-24,34-35H,3-5,9,22H2,1-2H3;1-2H3/p+1/b10-8+,30-11+,33-23-;. The van der Waals surface area contributed by atoms with Gasteiger partial charge in [-0.1, -0.05) is 101 Å². The molecule has 0 unspecified atom stereocenters. The minimum absolute atomic E-state index is 0.536. The summed E-state index contributed by atoms with van der Waals surface area (Å²) in [6, 6.07) is 17.1. The molecular formula is C35H42NO+. The number of benzene rings is 2. The number of rotatable bonds is 8. The maximum Gasteiger partial charge on any atom is 0.261 e. The van der Waals surface area contributed by atoms with Crippen molar-refractivity contribution in [3.8, 4) is 0 Å². The molecule has 0 amide bonds. The Kier molecular flexibility index (Phi) is 11.0. The zero-order valence-corrected chi connectivity index (χ0v) is 22.9. The second-order valence-corrected chi connectivity index (χ2v) is 8.98. The first-order valence-electron chi connectivity index (χ1n) is 13.7. The van der Waals surface area contributed by atoms with Crippen LogP contribution in [0.15, 0.2) is 120 Å². The summed E-state index contributed by atoms with van der Waals surface area (Å²) in [4.78, 5) is 0. The van der Waals surface area contributed by atoms with Crippen LogP contribution in [0.1, 0.15) is 69.2 Å². The van der Waals surface area contributed by atoms with Crippen LogP contribution in [0, 0.1) is 0 Å². The van der Waals surface area contributed by atoms with Crippen molar-refractivity contribution in [2.45, 2.75) is 59.8 Å². The van der Waals surface area contributed by atoms with E-state index in [2.05, 4.69) is 116 Å². The Morgan fingerprint density at radius 2 is 1.49 bits per heavy atom. The molecule has 0 atom stereocenters. The van der Waals surface area contributed by atoms with Crippen LogP contribution in [-0.2, 0) is 12.8 Å². The molecule has 4 rings (SSSR count). The van der Waals surface area contributed by atoms with Crippen molar-refractivity contribution in [3.05, 3.63) is 142 Å². The van der Waals surface area contributed by atoms with Crippen molar-refractivity contribution in [1.29, 1.82) is 0 Å². The van der Waals surface area contributed by atoms with E-state index >= 15 is 0 Å². The Balaban J connectivity index is 0.00000186. The van der Waals surface area contributed by atoms with Crippen LogP contribution in [-0.4, -0.2) is 5.11 Å². The fourth-order valence-corrected chi connectivity index (χ4v) is 4.28. The summed E-state index contributed by atoms with van der Waals surface area (Å²) < 4.78 is 0. The summed E-state index contributed by atoms with van der Waals surface area (Å²) in [6.07, 6.45) is 24.3. The van der Waals surface area contributed by atoms with Gasteiger partial charge in [-0.25, -0.2) is 0 Å². The Hall–Kier alpha value is -3.78. The van der Waals surface area contributed by atoms with Gasteiger partial charge in [0.15, 0.2) is 0 Å². The molecule has 0 radical (unpaired) electrons. The summed E-state index contributed by atoms with van der Waals surface area (Å²) in [5.74, 6) is 0.536. The number of aryl methyl sites for hydroxylation is 2. The minimum atomic E-state index is 0.536. The predicted octanol–water partition coefficient (Wildman–Crippen LogP) is 8.58. The van der Waals surface area contributed by atoms with Crippen LogP contribution >= 0.6 is 0 Å². The van der Waals surface area contributed by atoms with Gasteiger partial charge in [-0.2, -0.15) is 0 Å². The monoisotopic (exact) mass is 492 g/mol. The molecule has 0 saturated heterocycles. The first-order valence-corrected chi connectivity index (χ1v) is 13.7. The van der Waals surface area contributed by atoms with E-state index in [4.69, 9.17) is 5.11 Å². The second kappa shape index (κ2) is 14.7. The normalized spacial score (nSPS) is 15.5. The number of hydrogen-bond donors (Lipinski definition) is 1. The predicted molar refractivity (Wildman–Crippen MR) is 162 cm³/mol. The average Bonchev–Trinajstić information content (AvgIpc) is 3.21. The van der Waals surface area contributed by atoms with Crippen LogP contribution in [0.4, 0.5) is 0 Å². The maximum absolute atomic E-state index is 8.71. The van der Waals surface area contributed by atoms with E-state index < -0.39 is 0 Å². The van der Waals surface area contributed by atoms with Crippen LogP contribution < -0.4 is 5.32 Å². The molecule has 0 saturated carbocycles. The van der Waals surface area contributed by atoms with Crippen LogP contribution in [0.5, 0.6) is 0 Å². The van der Waals surface area contributed by atoms with Crippen molar-refractivity contribution < 1.29 is 5.11 Å². The molecule has 0 fully saturated rings. The smallest absolute Gasteiger partial charge is 0.261 e. The van der Waals surface area contributed by atoms with Gasteiger partial charge in [-0.05, 0) is 77.3 Å². The van der Waals surface area contributed by atoms with Gasteiger partial charge >= 0.3 is 0 Å². The molecule has 2 nitrogen and oxygen atoms in total. The molecule has 37 heavy (non-hydrogen) atoms. The molecule has 2 aromatic carbocycles. The first kappa shape index (κ1) is 27.8. The van der Waals surface area contributed by atoms with E-state index in [9.17, 15) is 0 Å². The Labute approximate surface area is 223 Å². The fourth-order valence-electron chi connectivity index (χ4n) is 4.28. The molecule has 2 heteroatoms. The van der Waals surface area contributed by atoms with Crippen molar-refractivity contribution in [3.63, 3.8) is 0 Å². The highest BCUT2D eigenvalue weighted by Crippen LogP contribution is 2.25. The first-order chi connectivity index (χ1) is 18.2. The SMILES string of the molecule is CC.CCc1ccc(/C([OH2+])=C/C(=C\C/C=C/C2=CNC3=C(C=CCC=C3)C2)c2ccc(CC)cc2)cc1. The molecule has 192 valence electrons. The Morgan fingerprint density at radius 1 is 0.865 bits per heavy atom. The van der Waals surface area contributed by atoms with Crippen LogP contribution in [0.25, 0.3) is 11.3 Å². The minimum Gasteiger partial charge on any atom is -0.593 e. The molecular weight excluding hydrogens is 450 g/mol. The molecule has 0 spiro atoms. The van der Waals surface area contributed by atoms with Crippen molar-refractivity contribution in [2.75, 3.05) is 0 Å². The molecule has 3 N–H and O–H groups in total. The third kappa shape index (κ3) is 8.11. The summed E-state index contributed by atoms with van der Waals surface area (Å²) in [5.41, 5.74) is 9.61. The quantitative estimate of drug-likeness (QED) is 0.223. The van der Waals surface area contributed by atoms with Gasteiger partial charge in [-0.3, -0.25) is 0 Å². The van der Waals surface area contributed by atoms with Crippen molar-refractivity contribution >= 4 is 11.3 Å². The largest absolute Gasteiger partial charge is 0.593 e. The van der Waals surface area contributed by atoms with Gasteiger partial charge in [0.2, 0.25) is 0 Å². The van der Waals surface area contributed by atoms with E-state index in [1.165, 1.54) is 28.0 Å². The second-order valence-electron chi connectivity index (χ2n) is 8.98. The number of nitrogens with one attached hydrogen (secondary N) is 1. The van der Waals surface area contributed by atoms with E-state index in [1.807, 2.05) is 19.9 Å². The maximum atomic E-state index is 8.71. The lowest BCUT2D eigenvalue weighted by atomic mass is 9.98. The Bertz CT molecular complexity index is 1230. The van der Waals surface area contributed by atoms with Crippen LogP contribution in [0.3, 0.4) is 0 Å². The number of hydrogen-bond acceptors (Lipinski definition) is 1. The van der Waals surface area contributed by atoms with E-state index in [-0.39, 0.29) is 0 Å². The van der Waals surface area contributed by atoms with Gasteiger partial charge in [0.25, 0.3) is 5.76 Å². The van der Waals surface area contributed by atoms with Gasteiger partial charge < -0.3 is 10.4 Å². The highest BCUT2D eigenvalue weighted by atomic mass is 16.3. The van der Waals surface area contributed by atoms with E-state index in [1.54, 1.807) is 0 Å². The molecule has 1 aliphatic carbocycles. The van der Waals surface area contributed by atoms with Crippen molar-refractivity contribution in [2.24, 2.45) is 0 Å².